The van der Waals surface area contributed by atoms with Crippen LogP contribution in [0.15, 0.2) is 23.4 Å². The molecule has 7 atom stereocenters. The fourth-order valence-corrected chi connectivity index (χ4v) is 5.42. The molecule has 0 amide bonds. The second-order valence-corrected chi connectivity index (χ2v) is 11.0. The van der Waals surface area contributed by atoms with Gasteiger partial charge in [0, 0.05) is 24.2 Å². The molecular weight excluding hydrogens is 510 g/mol. The number of aliphatic hydroxyl groups is 2. The predicted molar refractivity (Wildman–Crippen MR) is 139 cm³/mol. The van der Waals surface area contributed by atoms with Crippen LogP contribution in [0.3, 0.4) is 0 Å². The lowest BCUT2D eigenvalue weighted by Crippen LogP contribution is -2.45. The number of nitrogens with one attached hydrogen (secondary N) is 1. The first-order chi connectivity index (χ1) is 18.6. The monoisotopic (exact) mass is 553 g/mol. The minimum absolute atomic E-state index is 0.0673. The van der Waals surface area contributed by atoms with Gasteiger partial charge in [0.05, 0.1) is 50.1 Å². The highest BCUT2D eigenvalue weighted by Gasteiger charge is 2.45. The van der Waals surface area contributed by atoms with Gasteiger partial charge in [-0.15, -0.1) is 0 Å². The standard InChI is InChI=1S/C28H43NO10/c1-4-16(2)28(35)39-25-8-7-23(29-38-14-18-12-36-15-37-13-18)22-11-24(32)17(3)21(27(22)25)6-5-19(30)9-20(31)10-26(33)34/h7,11,16-21,25,27,29-31H,4-6,8-10,12-15H2,1-3H3,(H,33,34). The van der Waals surface area contributed by atoms with Crippen LogP contribution in [0.1, 0.15) is 59.3 Å². The van der Waals surface area contributed by atoms with E-state index in [4.69, 9.17) is 24.2 Å². The first kappa shape index (κ1) is 31.2. The molecule has 0 radical (unpaired) electrons. The molecule has 0 aromatic rings. The molecule has 3 aliphatic rings. The van der Waals surface area contributed by atoms with Crippen molar-refractivity contribution in [3.8, 4) is 0 Å². The molecule has 0 spiro atoms. The molecule has 1 fully saturated rings. The maximum atomic E-state index is 13.1. The number of carboxylic acids is 1. The van der Waals surface area contributed by atoms with Crippen molar-refractivity contribution < 1.29 is 48.8 Å². The van der Waals surface area contributed by atoms with Gasteiger partial charge in [-0.2, -0.15) is 0 Å². The number of ketones is 1. The summed E-state index contributed by atoms with van der Waals surface area (Å²) in [6.45, 7) is 7.26. The van der Waals surface area contributed by atoms with E-state index in [9.17, 15) is 24.6 Å². The Labute approximate surface area is 229 Å². The number of esters is 1. The smallest absolute Gasteiger partial charge is 0.308 e. The van der Waals surface area contributed by atoms with Crippen molar-refractivity contribution in [3.05, 3.63) is 23.4 Å². The summed E-state index contributed by atoms with van der Waals surface area (Å²) in [6.07, 6.45) is 2.14. The first-order valence-corrected chi connectivity index (χ1v) is 13.9. The third kappa shape index (κ3) is 8.84. The molecular formula is C28H43NO10. The topological polar surface area (TPSA) is 161 Å². The van der Waals surface area contributed by atoms with E-state index in [1.54, 1.807) is 6.08 Å². The van der Waals surface area contributed by atoms with Gasteiger partial charge in [-0.3, -0.25) is 24.7 Å². The molecule has 0 bridgehead atoms. The molecule has 1 heterocycles. The second-order valence-electron chi connectivity index (χ2n) is 11.0. The van der Waals surface area contributed by atoms with Crippen molar-refractivity contribution in [2.75, 3.05) is 26.6 Å². The molecule has 39 heavy (non-hydrogen) atoms. The summed E-state index contributed by atoms with van der Waals surface area (Å²) in [5, 5.41) is 29.3. The van der Waals surface area contributed by atoms with E-state index in [1.165, 1.54) is 0 Å². The number of hydroxylamine groups is 1. The zero-order valence-electron chi connectivity index (χ0n) is 23.0. The molecule has 7 unspecified atom stereocenters. The largest absolute Gasteiger partial charge is 0.481 e. The number of fused-ring (bicyclic) bond motifs is 1. The van der Waals surface area contributed by atoms with Crippen LogP contribution in [0, 0.1) is 29.6 Å². The van der Waals surface area contributed by atoms with Crippen molar-refractivity contribution in [3.63, 3.8) is 0 Å². The number of rotatable bonds is 14. The van der Waals surface area contributed by atoms with Gasteiger partial charge in [0.2, 0.25) is 0 Å². The van der Waals surface area contributed by atoms with Gasteiger partial charge in [0.25, 0.3) is 0 Å². The number of aliphatic carboxylic acids is 1. The highest BCUT2D eigenvalue weighted by atomic mass is 16.7. The van der Waals surface area contributed by atoms with Gasteiger partial charge >= 0.3 is 11.9 Å². The Kier molecular flexibility index (Phi) is 11.9. The van der Waals surface area contributed by atoms with Crippen LogP contribution < -0.4 is 5.48 Å². The molecule has 0 aromatic carbocycles. The minimum Gasteiger partial charge on any atom is -0.481 e. The zero-order valence-corrected chi connectivity index (χ0v) is 23.0. The van der Waals surface area contributed by atoms with Crippen LogP contribution in [0.25, 0.3) is 0 Å². The molecule has 11 heteroatoms. The van der Waals surface area contributed by atoms with Crippen LogP contribution in [-0.2, 0) is 33.4 Å². The lowest BCUT2D eigenvalue weighted by atomic mass is 9.64. The van der Waals surface area contributed by atoms with E-state index >= 15 is 0 Å². The highest BCUT2D eigenvalue weighted by Crippen LogP contribution is 2.45. The highest BCUT2D eigenvalue weighted by molar-refractivity contribution is 5.94. The van der Waals surface area contributed by atoms with Gasteiger partial charge in [0.1, 0.15) is 12.9 Å². The SMILES string of the molecule is CCC(C)C(=O)OC1CC=C(NOCC2COCOC2)C2=CC(=O)C(C)C(CCC(O)CC(O)CC(=O)O)C21. The zero-order chi connectivity index (χ0) is 28.5. The molecule has 11 nitrogen and oxygen atoms in total. The number of hydrogen-bond donors (Lipinski definition) is 4. The molecule has 0 aromatic heterocycles. The molecule has 1 saturated heterocycles. The van der Waals surface area contributed by atoms with Gasteiger partial charge in [0.15, 0.2) is 5.78 Å². The average Bonchev–Trinajstić information content (AvgIpc) is 2.89. The molecule has 220 valence electrons. The van der Waals surface area contributed by atoms with Crippen LogP contribution in [0.2, 0.25) is 0 Å². The van der Waals surface area contributed by atoms with Crippen LogP contribution >= 0.6 is 0 Å². The fourth-order valence-electron chi connectivity index (χ4n) is 5.42. The van der Waals surface area contributed by atoms with Crippen LogP contribution in [0.5, 0.6) is 0 Å². The number of carbonyl (C=O) groups is 3. The Morgan fingerprint density at radius 3 is 2.59 bits per heavy atom. The summed E-state index contributed by atoms with van der Waals surface area (Å²) in [5.74, 6) is -2.62. The Morgan fingerprint density at radius 2 is 1.92 bits per heavy atom. The Hall–Kier alpha value is -2.31. The van der Waals surface area contributed by atoms with E-state index in [1.807, 2.05) is 26.8 Å². The maximum absolute atomic E-state index is 13.1. The van der Waals surface area contributed by atoms with Crippen molar-refractivity contribution in [1.82, 2.24) is 5.48 Å². The summed E-state index contributed by atoms with van der Waals surface area (Å²) in [5.41, 5.74) is 4.34. The Balaban J connectivity index is 1.76. The van der Waals surface area contributed by atoms with Crippen molar-refractivity contribution in [2.45, 2.75) is 77.6 Å². The van der Waals surface area contributed by atoms with Gasteiger partial charge in [-0.25, -0.2) is 0 Å². The number of carbonyl (C=O) groups excluding carboxylic acids is 2. The molecule has 3 rings (SSSR count). The molecule has 1 aliphatic heterocycles. The molecule has 2 aliphatic carbocycles. The van der Waals surface area contributed by atoms with Crippen LogP contribution in [-0.4, -0.2) is 78.0 Å². The number of ether oxygens (including phenoxy) is 3. The third-order valence-corrected chi connectivity index (χ3v) is 7.92. The summed E-state index contributed by atoms with van der Waals surface area (Å²) in [4.78, 5) is 42.4. The van der Waals surface area contributed by atoms with Crippen LogP contribution in [0.4, 0.5) is 0 Å². The first-order valence-electron chi connectivity index (χ1n) is 13.9. The molecule has 4 N–H and O–H groups in total. The molecule has 0 saturated carbocycles. The maximum Gasteiger partial charge on any atom is 0.308 e. The van der Waals surface area contributed by atoms with Crippen molar-refractivity contribution in [2.24, 2.45) is 29.6 Å². The van der Waals surface area contributed by atoms with Gasteiger partial charge in [-0.05, 0) is 43.3 Å². The summed E-state index contributed by atoms with van der Waals surface area (Å²) >= 11 is 0. The van der Waals surface area contributed by atoms with E-state index < -0.39 is 30.7 Å². The number of hydrogen-bond acceptors (Lipinski definition) is 10. The van der Waals surface area contributed by atoms with Crippen molar-refractivity contribution in [1.29, 1.82) is 0 Å². The third-order valence-electron chi connectivity index (χ3n) is 7.92. The second kappa shape index (κ2) is 14.9. The average molecular weight is 554 g/mol. The van der Waals surface area contributed by atoms with Crippen molar-refractivity contribution >= 4 is 17.7 Å². The lowest BCUT2D eigenvalue weighted by molar-refractivity contribution is -0.157. The lowest BCUT2D eigenvalue weighted by Gasteiger charge is -2.43. The van der Waals surface area contributed by atoms with E-state index in [2.05, 4.69) is 5.48 Å². The predicted octanol–water partition coefficient (Wildman–Crippen LogP) is 2.12. The quantitative estimate of drug-likeness (QED) is 0.184. The Morgan fingerprint density at radius 1 is 1.21 bits per heavy atom. The Bertz CT molecular complexity index is 912. The van der Waals surface area contributed by atoms with Gasteiger partial charge < -0.3 is 29.5 Å². The normalized spacial score (nSPS) is 28.0. The summed E-state index contributed by atoms with van der Waals surface area (Å²) in [7, 11) is 0. The van der Waals surface area contributed by atoms with E-state index in [0.717, 1.165) is 0 Å². The number of aliphatic hydroxyl groups excluding tert-OH is 2. The van der Waals surface area contributed by atoms with Gasteiger partial charge in [-0.1, -0.05) is 26.8 Å². The number of carboxylic acid groups (broad SMARTS) is 1. The summed E-state index contributed by atoms with van der Waals surface area (Å²) < 4.78 is 16.6. The summed E-state index contributed by atoms with van der Waals surface area (Å²) in [6, 6.07) is 0. The fraction of sp³-hybridized carbons (Fsp3) is 0.750. The minimum atomic E-state index is -1.16. The number of allylic oxidation sites excluding steroid dienone is 2. The van der Waals surface area contributed by atoms with E-state index in [0.29, 0.717) is 50.4 Å². The van der Waals surface area contributed by atoms with E-state index in [-0.39, 0.29) is 61.0 Å².